The molecular weight excluding hydrogens is 506 g/mol. The second-order valence-electron chi connectivity index (χ2n) is 8.77. The van der Waals surface area contributed by atoms with Crippen LogP contribution in [0, 0.1) is 11.6 Å². The third-order valence-corrected chi connectivity index (χ3v) is 7.04. The minimum atomic E-state index is -0.953. The van der Waals surface area contributed by atoms with E-state index in [0.717, 1.165) is 44.2 Å². The number of carbonyl (C=O) groups excluding carboxylic acids is 1. The summed E-state index contributed by atoms with van der Waals surface area (Å²) in [6.45, 7) is 0.537. The number of nitrogens with one attached hydrogen (secondary N) is 2. The number of pyridine rings is 1. The third-order valence-electron chi connectivity index (χ3n) is 5.90. The van der Waals surface area contributed by atoms with E-state index in [0.29, 0.717) is 23.5 Å². The molecular formula is C28H24F2N6OS. The van der Waals surface area contributed by atoms with Crippen molar-refractivity contribution in [3.05, 3.63) is 101 Å². The van der Waals surface area contributed by atoms with Crippen LogP contribution in [0.15, 0.2) is 73.2 Å². The first kappa shape index (κ1) is 25.2. The van der Waals surface area contributed by atoms with E-state index in [1.165, 1.54) is 6.07 Å². The summed E-state index contributed by atoms with van der Waals surface area (Å²) in [6, 6.07) is 17.1. The molecule has 192 valence electrons. The van der Waals surface area contributed by atoms with Crippen molar-refractivity contribution in [1.82, 2.24) is 20.3 Å². The molecule has 3 aromatic heterocycles. The first-order chi connectivity index (χ1) is 18.4. The van der Waals surface area contributed by atoms with Crippen LogP contribution < -0.4 is 15.5 Å². The fraction of sp³-hybridized carbons (Fsp3) is 0.143. The summed E-state index contributed by atoms with van der Waals surface area (Å²) in [7, 11) is 3.91. The smallest absolute Gasteiger partial charge is 0.255 e. The zero-order valence-corrected chi connectivity index (χ0v) is 21.5. The first-order valence-corrected chi connectivity index (χ1v) is 12.6. The lowest BCUT2D eigenvalue weighted by Crippen LogP contribution is -2.24. The van der Waals surface area contributed by atoms with Crippen molar-refractivity contribution in [2.45, 2.75) is 13.1 Å². The van der Waals surface area contributed by atoms with Gasteiger partial charge in [0.25, 0.3) is 5.91 Å². The number of aromatic nitrogens is 3. The first-order valence-electron chi connectivity index (χ1n) is 11.8. The zero-order valence-electron chi connectivity index (χ0n) is 20.7. The van der Waals surface area contributed by atoms with Crippen LogP contribution >= 0.6 is 11.3 Å². The van der Waals surface area contributed by atoms with Gasteiger partial charge in [0.05, 0.1) is 17.6 Å². The van der Waals surface area contributed by atoms with Gasteiger partial charge in [-0.25, -0.2) is 23.7 Å². The Morgan fingerprint density at radius 3 is 2.63 bits per heavy atom. The summed E-state index contributed by atoms with van der Waals surface area (Å²) in [5.41, 5.74) is 2.77. The summed E-state index contributed by atoms with van der Waals surface area (Å²) < 4.78 is 26.6. The van der Waals surface area contributed by atoms with E-state index in [4.69, 9.17) is 0 Å². The average Bonchev–Trinajstić information content (AvgIpc) is 3.41. The molecule has 2 aromatic carbocycles. The number of amides is 1. The Morgan fingerprint density at radius 1 is 0.947 bits per heavy atom. The number of thiophene rings is 1. The number of nitrogens with zero attached hydrogens (tertiary/aromatic N) is 4. The van der Waals surface area contributed by atoms with Crippen molar-refractivity contribution in [3.8, 4) is 10.4 Å². The van der Waals surface area contributed by atoms with E-state index in [-0.39, 0.29) is 12.5 Å². The number of fused-ring (bicyclic) bond motifs is 1. The van der Waals surface area contributed by atoms with Gasteiger partial charge < -0.3 is 15.5 Å². The molecule has 38 heavy (non-hydrogen) atoms. The van der Waals surface area contributed by atoms with Crippen LogP contribution in [-0.4, -0.2) is 35.0 Å². The molecule has 3 heterocycles. The van der Waals surface area contributed by atoms with Crippen LogP contribution in [0.2, 0.25) is 0 Å². The minimum absolute atomic E-state index is 0.0605. The minimum Gasteiger partial charge on any atom is -0.365 e. The highest BCUT2D eigenvalue weighted by atomic mass is 32.1. The molecule has 0 saturated heterocycles. The van der Waals surface area contributed by atoms with Gasteiger partial charge in [0.15, 0.2) is 11.6 Å². The van der Waals surface area contributed by atoms with Crippen molar-refractivity contribution < 1.29 is 13.6 Å². The monoisotopic (exact) mass is 530 g/mol. The predicted molar refractivity (Wildman–Crippen MR) is 146 cm³/mol. The van der Waals surface area contributed by atoms with E-state index in [9.17, 15) is 13.6 Å². The van der Waals surface area contributed by atoms with Crippen LogP contribution in [0.25, 0.3) is 21.3 Å². The molecule has 0 spiro atoms. The highest BCUT2D eigenvalue weighted by molar-refractivity contribution is 7.15. The van der Waals surface area contributed by atoms with Crippen LogP contribution in [0.1, 0.15) is 20.8 Å². The molecule has 0 fully saturated rings. The number of benzene rings is 2. The lowest BCUT2D eigenvalue weighted by molar-refractivity contribution is 0.0951. The molecule has 0 unspecified atom stereocenters. The summed E-state index contributed by atoms with van der Waals surface area (Å²) in [5, 5.41) is 6.96. The van der Waals surface area contributed by atoms with E-state index < -0.39 is 11.6 Å². The van der Waals surface area contributed by atoms with E-state index in [1.54, 1.807) is 36.0 Å². The highest BCUT2D eigenvalue weighted by Gasteiger charge is 2.14. The van der Waals surface area contributed by atoms with Gasteiger partial charge in [0.1, 0.15) is 18.0 Å². The zero-order chi connectivity index (χ0) is 26.6. The topological polar surface area (TPSA) is 83.0 Å². The van der Waals surface area contributed by atoms with Gasteiger partial charge >= 0.3 is 0 Å². The van der Waals surface area contributed by atoms with Gasteiger partial charge in [0, 0.05) is 42.0 Å². The molecule has 5 rings (SSSR count). The summed E-state index contributed by atoms with van der Waals surface area (Å²) >= 11 is 1.64. The Labute approximate surface area is 222 Å². The Kier molecular flexibility index (Phi) is 7.23. The molecule has 0 aliphatic carbocycles. The van der Waals surface area contributed by atoms with Gasteiger partial charge in [-0.1, -0.05) is 12.1 Å². The molecule has 10 heteroatoms. The Hall–Kier alpha value is -4.44. The van der Waals surface area contributed by atoms with Crippen LogP contribution in [-0.2, 0) is 13.1 Å². The molecule has 0 aliphatic heterocycles. The van der Waals surface area contributed by atoms with E-state index >= 15 is 0 Å². The summed E-state index contributed by atoms with van der Waals surface area (Å²) in [5.74, 6) is -0.953. The van der Waals surface area contributed by atoms with E-state index in [1.807, 2.05) is 37.2 Å². The largest absolute Gasteiger partial charge is 0.365 e. The van der Waals surface area contributed by atoms with Gasteiger partial charge in [-0.05, 0) is 59.7 Å². The maximum absolute atomic E-state index is 13.5. The van der Waals surface area contributed by atoms with Gasteiger partial charge in [-0.2, -0.15) is 0 Å². The third kappa shape index (κ3) is 5.45. The molecule has 0 radical (unpaired) electrons. The lowest BCUT2D eigenvalue weighted by Gasteiger charge is -2.13. The van der Waals surface area contributed by atoms with Crippen molar-refractivity contribution in [2.75, 3.05) is 24.3 Å². The summed E-state index contributed by atoms with van der Waals surface area (Å²) in [6.07, 6.45) is 3.18. The number of carbonyl (C=O) groups is 1. The Bertz CT molecular complexity index is 1620. The predicted octanol–water partition coefficient (Wildman–Crippen LogP) is 5.64. The number of hydrogen-bond donors (Lipinski definition) is 2. The molecule has 0 bridgehead atoms. The fourth-order valence-electron chi connectivity index (χ4n) is 4.01. The standard InChI is InChI=1S/C28H24F2N6OS/c1-36(2)27-21-13-18(6-9-24(21)34-16-35-27)25-10-7-19(38-25)15-32-26-20(4-3-11-31-26)28(37)33-14-17-5-8-22(29)23(30)12-17/h3-13,16H,14-15H2,1-2H3,(H,31,32)(H,33,37). The maximum Gasteiger partial charge on any atom is 0.255 e. The molecule has 2 N–H and O–H groups in total. The number of hydrogen-bond acceptors (Lipinski definition) is 7. The number of rotatable bonds is 8. The quantitative estimate of drug-likeness (QED) is 0.270. The second-order valence-corrected chi connectivity index (χ2v) is 9.94. The fourth-order valence-corrected chi connectivity index (χ4v) is 4.95. The normalized spacial score (nSPS) is 10.9. The van der Waals surface area contributed by atoms with E-state index in [2.05, 4.69) is 37.7 Å². The Balaban J connectivity index is 1.28. The second kappa shape index (κ2) is 10.9. The molecule has 1 amide bonds. The SMILES string of the molecule is CN(C)c1ncnc2ccc(-c3ccc(CNc4ncccc4C(=O)NCc4ccc(F)c(F)c4)s3)cc12. The molecule has 7 nitrogen and oxygen atoms in total. The van der Waals surface area contributed by atoms with Crippen molar-refractivity contribution in [1.29, 1.82) is 0 Å². The maximum atomic E-state index is 13.5. The van der Waals surface area contributed by atoms with Crippen molar-refractivity contribution >= 4 is 39.8 Å². The number of halogens is 2. The van der Waals surface area contributed by atoms with Gasteiger partial charge in [-0.3, -0.25) is 4.79 Å². The van der Waals surface area contributed by atoms with Crippen LogP contribution in [0.3, 0.4) is 0 Å². The van der Waals surface area contributed by atoms with Crippen LogP contribution in [0.5, 0.6) is 0 Å². The van der Waals surface area contributed by atoms with Crippen molar-refractivity contribution in [2.24, 2.45) is 0 Å². The Morgan fingerprint density at radius 2 is 1.82 bits per heavy atom. The molecule has 0 saturated carbocycles. The molecule has 5 aromatic rings. The van der Waals surface area contributed by atoms with Crippen LogP contribution in [0.4, 0.5) is 20.4 Å². The molecule has 0 atom stereocenters. The summed E-state index contributed by atoms with van der Waals surface area (Å²) in [4.78, 5) is 30.0. The van der Waals surface area contributed by atoms with Gasteiger partial charge in [0.2, 0.25) is 0 Å². The molecule has 0 aliphatic rings. The lowest BCUT2D eigenvalue weighted by atomic mass is 10.1. The average molecular weight is 531 g/mol. The van der Waals surface area contributed by atoms with Gasteiger partial charge in [-0.15, -0.1) is 11.3 Å². The highest BCUT2D eigenvalue weighted by Crippen LogP contribution is 2.32. The van der Waals surface area contributed by atoms with Crippen molar-refractivity contribution in [3.63, 3.8) is 0 Å². The number of anilines is 2.